The number of rotatable bonds is 4. The fourth-order valence-electron chi connectivity index (χ4n) is 3.56. The zero-order valence-corrected chi connectivity index (χ0v) is 13.9. The Kier molecular flexibility index (Phi) is 4.55. The fourth-order valence-corrected chi connectivity index (χ4v) is 3.56. The molecule has 0 aromatic heterocycles. The van der Waals surface area contributed by atoms with Crippen molar-refractivity contribution in [2.75, 3.05) is 0 Å². The molecule has 4 amide bonds. The summed E-state index contributed by atoms with van der Waals surface area (Å²) in [5, 5.41) is 8.09. The number of nitrogens with one attached hydrogen (secondary N) is 3. The molecule has 2 aliphatic rings. The van der Waals surface area contributed by atoms with Crippen LogP contribution in [0.3, 0.4) is 0 Å². The van der Waals surface area contributed by atoms with Gasteiger partial charge in [0.2, 0.25) is 5.91 Å². The quantitative estimate of drug-likeness (QED) is 0.730. The van der Waals surface area contributed by atoms with Crippen LogP contribution < -0.4 is 16.0 Å². The number of benzene rings is 1. The highest BCUT2D eigenvalue weighted by molar-refractivity contribution is 6.07. The van der Waals surface area contributed by atoms with E-state index in [1.807, 2.05) is 12.1 Å². The van der Waals surface area contributed by atoms with E-state index in [1.165, 1.54) is 5.56 Å². The Morgan fingerprint density at radius 1 is 1.25 bits per heavy atom. The number of urea groups is 1. The van der Waals surface area contributed by atoms with Crippen LogP contribution in [-0.4, -0.2) is 29.4 Å². The number of hydrogen-bond acceptors (Lipinski definition) is 3. The molecule has 1 aliphatic carbocycles. The maximum absolute atomic E-state index is 12.2. The Morgan fingerprint density at radius 2 is 1.96 bits per heavy atom. The second-order valence-corrected chi connectivity index (χ2v) is 6.68. The van der Waals surface area contributed by atoms with E-state index >= 15 is 0 Å². The molecule has 24 heavy (non-hydrogen) atoms. The minimum absolute atomic E-state index is 0.00381. The van der Waals surface area contributed by atoms with Crippen LogP contribution in [0.2, 0.25) is 0 Å². The monoisotopic (exact) mass is 329 g/mol. The molecule has 1 aromatic carbocycles. The van der Waals surface area contributed by atoms with Crippen LogP contribution in [0.5, 0.6) is 0 Å². The molecule has 1 saturated heterocycles. The lowest BCUT2D eigenvalue weighted by Crippen LogP contribution is -2.52. The van der Waals surface area contributed by atoms with Crippen molar-refractivity contribution in [2.45, 2.75) is 57.0 Å². The van der Waals surface area contributed by atoms with Gasteiger partial charge in [-0.15, -0.1) is 0 Å². The predicted molar refractivity (Wildman–Crippen MR) is 89.3 cm³/mol. The van der Waals surface area contributed by atoms with Gasteiger partial charge in [0.1, 0.15) is 5.54 Å². The summed E-state index contributed by atoms with van der Waals surface area (Å²) in [7, 11) is 0. The normalized spacial score (nSPS) is 26.1. The average molecular weight is 329 g/mol. The summed E-state index contributed by atoms with van der Waals surface area (Å²) < 4.78 is 0. The second kappa shape index (κ2) is 6.63. The Morgan fingerprint density at radius 3 is 2.58 bits per heavy atom. The van der Waals surface area contributed by atoms with Gasteiger partial charge in [0, 0.05) is 6.04 Å². The summed E-state index contributed by atoms with van der Waals surface area (Å²) in [6.45, 7) is 2.09. The van der Waals surface area contributed by atoms with Crippen molar-refractivity contribution in [2.24, 2.45) is 0 Å². The van der Waals surface area contributed by atoms with Crippen LogP contribution >= 0.6 is 0 Å². The highest BCUT2D eigenvalue weighted by Gasteiger charge is 2.48. The van der Waals surface area contributed by atoms with Crippen LogP contribution in [0.4, 0.5) is 4.79 Å². The Hall–Kier alpha value is -2.37. The highest BCUT2D eigenvalue weighted by Crippen LogP contribution is 2.30. The molecule has 3 rings (SSSR count). The molecule has 6 heteroatoms. The molecule has 0 unspecified atom stereocenters. The molecule has 128 valence electrons. The molecule has 1 aromatic rings. The summed E-state index contributed by atoms with van der Waals surface area (Å²) in [4.78, 5) is 35.5. The first-order valence-corrected chi connectivity index (χ1v) is 8.51. The lowest BCUT2D eigenvalue weighted by molar-refractivity contribution is -0.125. The summed E-state index contributed by atoms with van der Waals surface area (Å²) in [5.41, 5.74) is 1.47. The average Bonchev–Trinajstić information content (AvgIpc) is 2.83. The summed E-state index contributed by atoms with van der Waals surface area (Å²) >= 11 is 0. The SMILES string of the molecule is CCc1cccc(CC(=O)NC2CCC3(CC2)NC(=O)NC3=O)c1. The van der Waals surface area contributed by atoms with Gasteiger partial charge in [0.05, 0.1) is 6.42 Å². The molecule has 0 atom stereocenters. The zero-order valence-electron chi connectivity index (χ0n) is 13.9. The van der Waals surface area contributed by atoms with Gasteiger partial charge in [-0.1, -0.05) is 31.2 Å². The topological polar surface area (TPSA) is 87.3 Å². The highest BCUT2D eigenvalue weighted by atomic mass is 16.2. The van der Waals surface area contributed by atoms with Crippen LogP contribution in [0.15, 0.2) is 24.3 Å². The van der Waals surface area contributed by atoms with Crippen molar-refractivity contribution >= 4 is 17.8 Å². The minimum atomic E-state index is -0.770. The molecular formula is C18H23N3O3. The summed E-state index contributed by atoms with van der Waals surface area (Å²) in [5.74, 6) is -0.238. The van der Waals surface area contributed by atoms with E-state index in [1.54, 1.807) is 0 Å². The first-order chi connectivity index (χ1) is 11.5. The van der Waals surface area contributed by atoms with Gasteiger partial charge in [-0.3, -0.25) is 14.9 Å². The number of hydrogen-bond donors (Lipinski definition) is 3. The van der Waals surface area contributed by atoms with Gasteiger partial charge in [-0.25, -0.2) is 4.79 Å². The van der Waals surface area contributed by atoms with Gasteiger partial charge < -0.3 is 10.6 Å². The van der Waals surface area contributed by atoms with E-state index in [4.69, 9.17) is 0 Å². The Balaban J connectivity index is 1.51. The molecule has 3 N–H and O–H groups in total. The lowest BCUT2D eigenvalue weighted by Gasteiger charge is -2.34. The van der Waals surface area contributed by atoms with Gasteiger partial charge in [0.25, 0.3) is 5.91 Å². The largest absolute Gasteiger partial charge is 0.353 e. The van der Waals surface area contributed by atoms with Crippen LogP contribution in [-0.2, 0) is 22.4 Å². The maximum atomic E-state index is 12.2. The first-order valence-electron chi connectivity index (χ1n) is 8.51. The van der Waals surface area contributed by atoms with E-state index in [9.17, 15) is 14.4 Å². The molecule has 6 nitrogen and oxygen atoms in total. The van der Waals surface area contributed by atoms with Crippen molar-refractivity contribution in [1.29, 1.82) is 0 Å². The third-order valence-corrected chi connectivity index (χ3v) is 4.98. The van der Waals surface area contributed by atoms with E-state index in [2.05, 4.69) is 35.0 Å². The van der Waals surface area contributed by atoms with Gasteiger partial charge in [0.15, 0.2) is 0 Å². The predicted octanol–water partition coefficient (Wildman–Crippen LogP) is 1.43. The third kappa shape index (κ3) is 3.42. The second-order valence-electron chi connectivity index (χ2n) is 6.68. The summed E-state index contributed by atoms with van der Waals surface area (Å²) in [6.07, 6.45) is 3.81. The molecule has 1 heterocycles. The van der Waals surface area contributed by atoms with Crippen molar-refractivity contribution < 1.29 is 14.4 Å². The molecule has 1 aliphatic heterocycles. The molecule has 2 fully saturated rings. The summed E-state index contributed by atoms with van der Waals surface area (Å²) in [6, 6.07) is 7.71. The smallest absolute Gasteiger partial charge is 0.322 e. The lowest BCUT2D eigenvalue weighted by atomic mass is 9.79. The molecule has 0 bridgehead atoms. The maximum Gasteiger partial charge on any atom is 0.322 e. The van der Waals surface area contributed by atoms with Crippen molar-refractivity contribution in [3.63, 3.8) is 0 Å². The molecular weight excluding hydrogens is 306 g/mol. The number of amides is 4. The minimum Gasteiger partial charge on any atom is -0.353 e. The Labute approximate surface area is 141 Å². The number of carbonyl (C=O) groups is 3. The zero-order chi connectivity index (χ0) is 17.2. The van der Waals surface area contributed by atoms with Gasteiger partial charge >= 0.3 is 6.03 Å². The molecule has 1 spiro atoms. The van der Waals surface area contributed by atoms with Gasteiger partial charge in [-0.2, -0.15) is 0 Å². The van der Waals surface area contributed by atoms with E-state index in [-0.39, 0.29) is 17.9 Å². The first kappa shape index (κ1) is 16.5. The van der Waals surface area contributed by atoms with E-state index in [0.29, 0.717) is 32.1 Å². The fraction of sp³-hybridized carbons (Fsp3) is 0.500. The van der Waals surface area contributed by atoms with Crippen LogP contribution in [0.1, 0.15) is 43.7 Å². The Bertz CT molecular complexity index is 663. The number of carbonyl (C=O) groups excluding carboxylic acids is 3. The van der Waals surface area contributed by atoms with Crippen LogP contribution in [0, 0.1) is 0 Å². The van der Waals surface area contributed by atoms with Crippen molar-refractivity contribution in [3.8, 4) is 0 Å². The molecule has 0 radical (unpaired) electrons. The van der Waals surface area contributed by atoms with Crippen molar-refractivity contribution in [1.82, 2.24) is 16.0 Å². The standard InChI is InChI=1S/C18H23N3O3/c1-2-12-4-3-5-13(10-12)11-15(22)19-14-6-8-18(9-7-14)16(23)20-17(24)21-18/h3-5,10,14H,2,6-9,11H2,1H3,(H,19,22)(H2,20,21,23,24). The molecule has 1 saturated carbocycles. The third-order valence-electron chi connectivity index (χ3n) is 4.98. The number of aryl methyl sites for hydroxylation is 1. The van der Waals surface area contributed by atoms with Crippen molar-refractivity contribution in [3.05, 3.63) is 35.4 Å². The van der Waals surface area contributed by atoms with E-state index < -0.39 is 11.6 Å². The van der Waals surface area contributed by atoms with E-state index in [0.717, 1.165) is 12.0 Å². The van der Waals surface area contributed by atoms with Crippen LogP contribution in [0.25, 0.3) is 0 Å². The number of imide groups is 1. The van der Waals surface area contributed by atoms with Gasteiger partial charge in [-0.05, 0) is 43.2 Å².